The molecule has 0 aliphatic rings. The molecule has 0 amide bonds. The fraction of sp³-hybridized carbons (Fsp3) is 0.143. The molecule has 1 aromatic carbocycles. The second-order valence-electron chi connectivity index (χ2n) is 4.24. The Balaban J connectivity index is 2.29. The lowest BCUT2D eigenvalue weighted by Gasteiger charge is -2.07. The molecule has 0 saturated carbocycles. The quantitative estimate of drug-likeness (QED) is 0.634. The third kappa shape index (κ3) is 1.69. The van der Waals surface area contributed by atoms with Crippen molar-refractivity contribution in [3.8, 4) is 5.82 Å². The minimum atomic E-state index is 0.866. The van der Waals surface area contributed by atoms with Crippen LogP contribution in [0.4, 0.5) is 0 Å². The van der Waals surface area contributed by atoms with Crippen LogP contribution in [-0.2, 0) is 0 Å². The van der Waals surface area contributed by atoms with E-state index in [1.807, 2.05) is 19.2 Å². The zero-order valence-corrected chi connectivity index (χ0v) is 9.88. The van der Waals surface area contributed by atoms with Crippen molar-refractivity contribution in [2.24, 2.45) is 0 Å². The van der Waals surface area contributed by atoms with Crippen molar-refractivity contribution in [2.45, 2.75) is 13.8 Å². The minimum Gasteiger partial charge on any atom is -0.233 e. The van der Waals surface area contributed by atoms with Gasteiger partial charge < -0.3 is 0 Å². The molecule has 17 heavy (non-hydrogen) atoms. The molecule has 0 aliphatic carbocycles. The summed E-state index contributed by atoms with van der Waals surface area (Å²) in [6, 6.07) is 10.4. The molecular weight excluding hydrogens is 210 g/mol. The van der Waals surface area contributed by atoms with Crippen molar-refractivity contribution in [2.75, 3.05) is 0 Å². The SMILES string of the molecule is Cc1ccc2c(C)nc(-n3cccn3)cc2c1. The fourth-order valence-corrected chi connectivity index (χ4v) is 2.06. The second-order valence-corrected chi connectivity index (χ2v) is 4.24. The number of nitrogens with zero attached hydrogens (tertiary/aromatic N) is 3. The van der Waals surface area contributed by atoms with Crippen LogP contribution in [0.1, 0.15) is 11.3 Å². The summed E-state index contributed by atoms with van der Waals surface area (Å²) in [5, 5.41) is 6.62. The number of aromatic nitrogens is 3. The first-order valence-electron chi connectivity index (χ1n) is 5.62. The summed E-state index contributed by atoms with van der Waals surface area (Å²) in [5.74, 6) is 0.866. The van der Waals surface area contributed by atoms with E-state index in [4.69, 9.17) is 0 Å². The average Bonchev–Trinajstić information content (AvgIpc) is 2.81. The Kier molecular flexibility index (Phi) is 2.18. The van der Waals surface area contributed by atoms with Gasteiger partial charge in [0.25, 0.3) is 0 Å². The van der Waals surface area contributed by atoms with Gasteiger partial charge in [0.05, 0.1) is 0 Å². The summed E-state index contributed by atoms with van der Waals surface area (Å²) in [6.07, 6.45) is 3.67. The summed E-state index contributed by atoms with van der Waals surface area (Å²) in [5.41, 5.74) is 2.29. The zero-order valence-electron chi connectivity index (χ0n) is 9.88. The molecule has 3 heteroatoms. The van der Waals surface area contributed by atoms with Gasteiger partial charge in [0.2, 0.25) is 0 Å². The van der Waals surface area contributed by atoms with Crippen LogP contribution in [0.25, 0.3) is 16.6 Å². The maximum Gasteiger partial charge on any atom is 0.154 e. The molecular formula is C14H13N3. The monoisotopic (exact) mass is 223 g/mol. The van der Waals surface area contributed by atoms with Crippen molar-refractivity contribution >= 4 is 10.8 Å². The van der Waals surface area contributed by atoms with E-state index < -0.39 is 0 Å². The fourth-order valence-electron chi connectivity index (χ4n) is 2.06. The molecule has 0 N–H and O–H groups in total. The smallest absolute Gasteiger partial charge is 0.154 e. The normalized spacial score (nSPS) is 10.9. The molecule has 84 valence electrons. The number of hydrogen-bond acceptors (Lipinski definition) is 2. The second kappa shape index (κ2) is 3.70. The van der Waals surface area contributed by atoms with Gasteiger partial charge in [0.1, 0.15) is 0 Å². The topological polar surface area (TPSA) is 30.7 Å². The molecule has 0 aliphatic heterocycles. The van der Waals surface area contributed by atoms with Crippen molar-refractivity contribution in [3.05, 3.63) is 54.0 Å². The number of fused-ring (bicyclic) bond motifs is 1. The Morgan fingerprint density at radius 3 is 2.76 bits per heavy atom. The third-order valence-corrected chi connectivity index (χ3v) is 2.90. The summed E-state index contributed by atoms with van der Waals surface area (Å²) in [6.45, 7) is 4.13. The molecule has 2 aromatic heterocycles. The number of benzene rings is 1. The van der Waals surface area contributed by atoms with Gasteiger partial charge in [0, 0.05) is 23.5 Å². The first kappa shape index (κ1) is 10.0. The average molecular weight is 223 g/mol. The van der Waals surface area contributed by atoms with Crippen LogP contribution in [0.2, 0.25) is 0 Å². The minimum absolute atomic E-state index is 0.866. The highest BCUT2D eigenvalue weighted by molar-refractivity contribution is 5.86. The number of aryl methyl sites for hydroxylation is 2. The van der Waals surface area contributed by atoms with E-state index >= 15 is 0 Å². The van der Waals surface area contributed by atoms with Crippen LogP contribution in [0.5, 0.6) is 0 Å². The lowest BCUT2D eigenvalue weighted by molar-refractivity contribution is 0.844. The van der Waals surface area contributed by atoms with Crippen molar-refractivity contribution in [1.82, 2.24) is 14.8 Å². The highest BCUT2D eigenvalue weighted by Gasteiger charge is 2.04. The van der Waals surface area contributed by atoms with E-state index in [0.29, 0.717) is 0 Å². The molecule has 3 rings (SSSR count). The maximum atomic E-state index is 4.57. The van der Waals surface area contributed by atoms with Crippen LogP contribution < -0.4 is 0 Å². The number of rotatable bonds is 1. The van der Waals surface area contributed by atoms with Gasteiger partial charge in [-0.15, -0.1) is 0 Å². The Morgan fingerprint density at radius 2 is 2.00 bits per heavy atom. The van der Waals surface area contributed by atoms with Crippen molar-refractivity contribution < 1.29 is 0 Å². The highest BCUT2D eigenvalue weighted by Crippen LogP contribution is 2.20. The third-order valence-electron chi connectivity index (χ3n) is 2.90. The molecule has 0 spiro atoms. The number of hydrogen-bond donors (Lipinski definition) is 0. The van der Waals surface area contributed by atoms with Gasteiger partial charge in [0.15, 0.2) is 5.82 Å². The predicted octanol–water partition coefficient (Wildman–Crippen LogP) is 3.04. The van der Waals surface area contributed by atoms with E-state index in [9.17, 15) is 0 Å². The van der Waals surface area contributed by atoms with Gasteiger partial charge in [-0.3, -0.25) is 0 Å². The molecule has 3 nitrogen and oxygen atoms in total. The summed E-state index contributed by atoms with van der Waals surface area (Å²) in [4.78, 5) is 4.57. The zero-order chi connectivity index (χ0) is 11.8. The molecule has 0 atom stereocenters. The van der Waals surface area contributed by atoms with E-state index in [1.54, 1.807) is 10.9 Å². The number of pyridine rings is 1. The Hall–Kier alpha value is -2.16. The lowest BCUT2D eigenvalue weighted by atomic mass is 10.1. The van der Waals surface area contributed by atoms with E-state index in [2.05, 4.69) is 41.3 Å². The standard InChI is InChI=1S/C14H13N3/c1-10-4-5-13-11(2)16-14(9-12(13)8-10)17-7-3-6-15-17/h3-9H,1-2H3. The van der Waals surface area contributed by atoms with Crippen molar-refractivity contribution in [1.29, 1.82) is 0 Å². The molecule has 0 radical (unpaired) electrons. The van der Waals surface area contributed by atoms with E-state index in [-0.39, 0.29) is 0 Å². The van der Waals surface area contributed by atoms with Crippen LogP contribution in [-0.4, -0.2) is 14.8 Å². The summed E-state index contributed by atoms with van der Waals surface area (Å²) >= 11 is 0. The van der Waals surface area contributed by atoms with Gasteiger partial charge in [-0.1, -0.05) is 23.8 Å². The van der Waals surface area contributed by atoms with Crippen molar-refractivity contribution in [3.63, 3.8) is 0 Å². The molecule has 0 unspecified atom stereocenters. The summed E-state index contributed by atoms with van der Waals surface area (Å²) < 4.78 is 1.79. The van der Waals surface area contributed by atoms with Crippen LogP contribution in [0.15, 0.2) is 42.7 Å². The largest absolute Gasteiger partial charge is 0.233 e. The van der Waals surface area contributed by atoms with E-state index in [1.165, 1.54) is 16.3 Å². The molecule has 3 aromatic rings. The van der Waals surface area contributed by atoms with Crippen LogP contribution in [0, 0.1) is 13.8 Å². The lowest BCUT2D eigenvalue weighted by Crippen LogP contribution is -1.99. The maximum absolute atomic E-state index is 4.57. The molecule has 2 heterocycles. The molecule has 0 fully saturated rings. The Morgan fingerprint density at radius 1 is 1.12 bits per heavy atom. The van der Waals surface area contributed by atoms with Gasteiger partial charge >= 0.3 is 0 Å². The van der Waals surface area contributed by atoms with Gasteiger partial charge in [-0.05, 0) is 31.4 Å². The highest BCUT2D eigenvalue weighted by atomic mass is 15.3. The van der Waals surface area contributed by atoms with E-state index in [0.717, 1.165) is 11.5 Å². The first-order chi connectivity index (χ1) is 8.24. The predicted molar refractivity (Wildman–Crippen MR) is 68.3 cm³/mol. The van der Waals surface area contributed by atoms with Crippen LogP contribution in [0.3, 0.4) is 0 Å². The Labute approximate surface area is 99.7 Å². The molecule has 0 saturated heterocycles. The Bertz CT molecular complexity index is 669. The van der Waals surface area contributed by atoms with Crippen LogP contribution >= 0.6 is 0 Å². The summed E-state index contributed by atoms with van der Waals surface area (Å²) in [7, 11) is 0. The first-order valence-corrected chi connectivity index (χ1v) is 5.62. The molecule has 0 bridgehead atoms. The van der Waals surface area contributed by atoms with Gasteiger partial charge in [-0.25, -0.2) is 9.67 Å². The van der Waals surface area contributed by atoms with Gasteiger partial charge in [-0.2, -0.15) is 5.10 Å².